The lowest BCUT2D eigenvalue weighted by Crippen LogP contribution is -2.34. The van der Waals surface area contributed by atoms with E-state index < -0.39 is 17.9 Å². The zero-order valence-corrected chi connectivity index (χ0v) is 17.2. The van der Waals surface area contributed by atoms with E-state index in [4.69, 9.17) is 28.0 Å². The highest BCUT2D eigenvalue weighted by molar-refractivity contribution is 7.17. The van der Waals surface area contributed by atoms with Gasteiger partial charge < -0.3 is 0 Å². The highest BCUT2D eigenvalue weighted by atomic mass is 35.5. The number of carbonyl (C=O) groups is 2. The van der Waals surface area contributed by atoms with Crippen molar-refractivity contribution in [3.05, 3.63) is 55.4 Å². The van der Waals surface area contributed by atoms with Crippen LogP contribution in [0.5, 0.6) is 0 Å². The van der Waals surface area contributed by atoms with Gasteiger partial charge in [-0.25, -0.2) is 4.90 Å². The lowest BCUT2D eigenvalue weighted by molar-refractivity contribution is -0.127. The standard InChI is InChI=1S/C20H13Cl2N3O3S/c21-9-5-6-11(13(22)7-9)16-15-17(28-24-16)19(27)25(18(15)26)20-12(8-23)10-3-1-2-4-14(10)29-20/h5-7,17,24H,1-4H2/t17-/m0/s1. The number of carbonyl (C=O) groups excluding carboxylic acids is 2. The number of hydroxylamine groups is 1. The van der Waals surface area contributed by atoms with Gasteiger partial charge in [-0.15, -0.1) is 11.3 Å². The molecule has 2 aliphatic heterocycles. The molecule has 6 nitrogen and oxygen atoms in total. The first-order valence-corrected chi connectivity index (χ1v) is 10.6. The second-order valence-corrected chi connectivity index (χ2v) is 8.92. The first-order valence-electron chi connectivity index (χ1n) is 9.05. The minimum Gasteiger partial charge on any atom is -0.270 e. The second kappa shape index (κ2) is 6.85. The summed E-state index contributed by atoms with van der Waals surface area (Å²) in [6.45, 7) is 0. The maximum atomic E-state index is 13.3. The molecule has 1 saturated heterocycles. The topological polar surface area (TPSA) is 82.4 Å². The molecule has 3 aliphatic rings. The Morgan fingerprint density at radius 1 is 1.24 bits per heavy atom. The highest BCUT2D eigenvalue weighted by Gasteiger charge is 2.52. The third-order valence-corrected chi connectivity index (χ3v) is 7.18. The molecule has 1 aromatic heterocycles. The third kappa shape index (κ3) is 2.71. The van der Waals surface area contributed by atoms with Crippen molar-refractivity contribution in [2.75, 3.05) is 4.90 Å². The normalized spacial score (nSPS) is 20.6. The van der Waals surface area contributed by atoms with E-state index in [0.717, 1.165) is 41.0 Å². The van der Waals surface area contributed by atoms with Crippen LogP contribution >= 0.6 is 34.5 Å². The second-order valence-electron chi connectivity index (χ2n) is 6.99. The molecular formula is C20H13Cl2N3O3S. The number of nitrogens with zero attached hydrogens (tertiary/aromatic N) is 2. The Labute approximate surface area is 180 Å². The van der Waals surface area contributed by atoms with Crippen LogP contribution in [0, 0.1) is 11.3 Å². The summed E-state index contributed by atoms with van der Waals surface area (Å²) in [4.78, 5) is 33.9. The average Bonchev–Trinajstić information content (AvgIpc) is 3.35. The summed E-state index contributed by atoms with van der Waals surface area (Å²) < 4.78 is 0. The molecule has 0 bridgehead atoms. The molecule has 1 fully saturated rings. The molecule has 1 N–H and O–H groups in total. The number of fused-ring (bicyclic) bond motifs is 2. The summed E-state index contributed by atoms with van der Waals surface area (Å²) in [7, 11) is 0. The number of hydrogen-bond acceptors (Lipinski definition) is 6. The Kier molecular flexibility index (Phi) is 4.41. The van der Waals surface area contributed by atoms with Crippen molar-refractivity contribution in [1.82, 2.24) is 5.48 Å². The van der Waals surface area contributed by atoms with Crippen LogP contribution in [0.15, 0.2) is 23.8 Å². The van der Waals surface area contributed by atoms with Crippen LogP contribution in [-0.4, -0.2) is 17.9 Å². The van der Waals surface area contributed by atoms with Crippen LogP contribution in [-0.2, 0) is 27.3 Å². The predicted molar refractivity (Wildman–Crippen MR) is 110 cm³/mol. The number of hydrogen-bond donors (Lipinski definition) is 1. The summed E-state index contributed by atoms with van der Waals surface area (Å²) in [5.74, 6) is -1.01. The van der Waals surface area contributed by atoms with Crippen molar-refractivity contribution in [2.45, 2.75) is 31.8 Å². The maximum absolute atomic E-state index is 13.3. The van der Waals surface area contributed by atoms with Gasteiger partial charge >= 0.3 is 0 Å². The zero-order valence-electron chi connectivity index (χ0n) is 14.9. The monoisotopic (exact) mass is 445 g/mol. The predicted octanol–water partition coefficient (Wildman–Crippen LogP) is 3.99. The van der Waals surface area contributed by atoms with Crippen molar-refractivity contribution in [3.63, 3.8) is 0 Å². The lowest BCUT2D eigenvalue weighted by atomic mass is 9.96. The van der Waals surface area contributed by atoms with Crippen molar-refractivity contribution >= 4 is 57.1 Å². The van der Waals surface area contributed by atoms with Crippen molar-refractivity contribution in [2.24, 2.45) is 0 Å². The number of imide groups is 1. The Morgan fingerprint density at radius 2 is 2.03 bits per heavy atom. The molecule has 29 heavy (non-hydrogen) atoms. The fourth-order valence-electron chi connectivity index (χ4n) is 4.00. The first-order chi connectivity index (χ1) is 14.0. The number of halogens is 2. The third-order valence-electron chi connectivity index (χ3n) is 5.36. The van der Waals surface area contributed by atoms with Gasteiger partial charge in [-0.2, -0.15) is 5.26 Å². The molecule has 9 heteroatoms. The largest absolute Gasteiger partial charge is 0.271 e. The van der Waals surface area contributed by atoms with Crippen LogP contribution in [0.25, 0.3) is 5.70 Å². The fourth-order valence-corrected chi connectivity index (χ4v) is 5.85. The van der Waals surface area contributed by atoms with E-state index in [0.29, 0.717) is 31.9 Å². The van der Waals surface area contributed by atoms with Crippen LogP contribution in [0.3, 0.4) is 0 Å². The molecule has 0 spiro atoms. The van der Waals surface area contributed by atoms with Crippen molar-refractivity contribution in [3.8, 4) is 6.07 Å². The first kappa shape index (κ1) is 18.6. The van der Waals surface area contributed by atoms with E-state index in [2.05, 4.69) is 11.5 Å². The molecule has 0 unspecified atom stereocenters. The van der Waals surface area contributed by atoms with Gasteiger partial charge in [0.2, 0.25) is 0 Å². The molecule has 1 atom stereocenters. The molecule has 146 valence electrons. The number of amides is 2. The van der Waals surface area contributed by atoms with Crippen LogP contribution in [0.1, 0.15) is 34.4 Å². The lowest BCUT2D eigenvalue weighted by Gasteiger charge is -2.15. The van der Waals surface area contributed by atoms with Crippen LogP contribution in [0.2, 0.25) is 10.0 Å². The van der Waals surface area contributed by atoms with Gasteiger partial charge in [-0.05, 0) is 49.4 Å². The average molecular weight is 446 g/mol. The van der Waals surface area contributed by atoms with E-state index in [1.165, 1.54) is 11.3 Å². The summed E-state index contributed by atoms with van der Waals surface area (Å²) in [5.41, 5.74) is 5.10. The smallest absolute Gasteiger partial charge is 0.270 e. The molecule has 2 amide bonds. The van der Waals surface area contributed by atoms with Gasteiger partial charge in [0.25, 0.3) is 11.8 Å². The molecule has 2 aromatic rings. The number of benzene rings is 1. The van der Waals surface area contributed by atoms with Gasteiger partial charge in [0, 0.05) is 15.5 Å². The van der Waals surface area contributed by atoms with Crippen molar-refractivity contribution in [1.29, 1.82) is 5.26 Å². The Morgan fingerprint density at radius 3 is 2.79 bits per heavy atom. The number of nitrogens with one attached hydrogen (secondary N) is 1. The maximum Gasteiger partial charge on any atom is 0.271 e. The quantitative estimate of drug-likeness (QED) is 0.706. The summed E-state index contributed by atoms with van der Waals surface area (Å²) in [6, 6.07) is 7.07. The van der Waals surface area contributed by atoms with Crippen molar-refractivity contribution < 1.29 is 14.4 Å². The Balaban J connectivity index is 1.63. The number of rotatable bonds is 2. The van der Waals surface area contributed by atoms with Gasteiger partial charge in [0.05, 0.1) is 21.9 Å². The molecule has 1 aromatic carbocycles. The van der Waals surface area contributed by atoms with E-state index in [1.54, 1.807) is 18.2 Å². The van der Waals surface area contributed by atoms with Gasteiger partial charge in [0.1, 0.15) is 11.1 Å². The molecule has 1 aliphatic carbocycles. The minimum atomic E-state index is -1.07. The number of aryl methyl sites for hydroxylation is 1. The molecule has 0 radical (unpaired) electrons. The molecular weight excluding hydrogens is 433 g/mol. The van der Waals surface area contributed by atoms with Gasteiger partial charge in [0.15, 0.2) is 6.10 Å². The highest BCUT2D eigenvalue weighted by Crippen LogP contribution is 2.44. The number of nitriles is 1. The molecule has 5 rings (SSSR count). The van der Waals surface area contributed by atoms with E-state index in [1.807, 2.05) is 0 Å². The summed E-state index contributed by atoms with van der Waals surface area (Å²) in [5, 5.41) is 10.9. The molecule has 0 saturated carbocycles. The summed E-state index contributed by atoms with van der Waals surface area (Å²) in [6.07, 6.45) is 2.62. The minimum absolute atomic E-state index is 0.189. The number of thiophene rings is 1. The van der Waals surface area contributed by atoms with Gasteiger partial charge in [-0.1, -0.05) is 23.2 Å². The summed E-state index contributed by atoms with van der Waals surface area (Å²) >= 11 is 13.6. The zero-order chi connectivity index (χ0) is 20.3. The molecule has 3 heterocycles. The van der Waals surface area contributed by atoms with Gasteiger partial charge in [-0.3, -0.25) is 19.9 Å². The van der Waals surface area contributed by atoms with E-state index in [9.17, 15) is 14.9 Å². The van der Waals surface area contributed by atoms with Crippen LogP contribution in [0.4, 0.5) is 5.00 Å². The Bertz CT molecular complexity index is 1160. The van der Waals surface area contributed by atoms with Crippen LogP contribution < -0.4 is 10.4 Å². The SMILES string of the molecule is N#Cc1c(N2C(=O)C3=C(c4ccc(Cl)cc4Cl)NO[C@@H]3C2=O)sc2c1CCCC2. The van der Waals surface area contributed by atoms with E-state index in [-0.39, 0.29) is 5.57 Å². The fraction of sp³-hybridized carbons (Fsp3) is 0.250. The Hall–Kier alpha value is -2.37. The van der Waals surface area contributed by atoms with E-state index >= 15 is 0 Å². The number of anilines is 1.